The number of thioether (sulfide) groups is 1. The van der Waals surface area contributed by atoms with Crippen molar-refractivity contribution in [3.8, 4) is 0 Å². The monoisotopic (exact) mass is 430 g/mol. The zero-order valence-corrected chi connectivity index (χ0v) is 18.5. The van der Waals surface area contributed by atoms with Gasteiger partial charge in [0.2, 0.25) is 0 Å². The fraction of sp³-hybridized carbons (Fsp3) is 0.682. The lowest BCUT2D eigenvalue weighted by atomic mass is 10.1. The smallest absolute Gasteiger partial charge is 0.313 e. The van der Waals surface area contributed by atoms with E-state index in [1.54, 1.807) is 0 Å². The van der Waals surface area contributed by atoms with Crippen LogP contribution < -0.4 is 0 Å². The Balaban J connectivity index is 0. The zero-order chi connectivity index (χ0) is 22.2. The van der Waals surface area contributed by atoms with Crippen LogP contribution in [0.1, 0.15) is 84.0 Å². The highest BCUT2D eigenvalue weighted by Gasteiger charge is 1.99. The molecule has 0 aliphatic heterocycles. The number of carboxylic acid groups (broad SMARTS) is 3. The van der Waals surface area contributed by atoms with Gasteiger partial charge in [-0.05, 0) is 38.5 Å². The largest absolute Gasteiger partial charge is 0.481 e. The highest BCUT2D eigenvalue weighted by Crippen LogP contribution is 2.08. The summed E-state index contributed by atoms with van der Waals surface area (Å²) < 4.78 is 0. The van der Waals surface area contributed by atoms with Crippen molar-refractivity contribution in [2.75, 3.05) is 11.5 Å². The Labute approximate surface area is 179 Å². The lowest BCUT2D eigenvalue weighted by Crippen LogP contribution is -2.03. The normalized spacial score (nSPS) is 10.8. The molecule has 0 amide bonds. The summed E-state index contributed by atoms with van der Waals surface area (Å²) in [5, 5.41) is 24.5. The van der Waals surface area contributed by atoms with E-state index in [0.29, 0.717) is 6.42 Å². The topological polar surface area (TPSA) is 112 Å². The summed E-state index contributed by atoms with van der Waals surface area (Å²) >= 11 is 0.870. The molecule has 0 heterocycles. The Morgan fingerprint density at radius 3 is 1.62 bits per heavy atom. The fourth-order valence-electron chi connectivity index (χ4n) is 2.31. The van der Waals surface area contributed by atoms with Gasteiger partial charge in [0.25, 0.3) is 0 Å². The first-order valence-electron chi connectivity index (χ1n) is 10.4. The molecule has 0 saturated heterocycles. The summed E-state index contributed by atoms with van der Waals surface area (Å²) in [5.74, 6) is -2.93. The molecule has 0 atom stereocenters. The van der Waals surface area contributed by atoms with Crippen molar-refractivity contribution < 1.29 is 29.7 Å². The Bertz CT molecular complexity index is 460. The average molecular weight is 431 g/mol. The maximum absolute atomic E-state index is 10.3. The van der Waals surface area contributed by atoms with E-state index in [-0.39, 0.29) is 11.5 Å². The average Bonchev–Trinajstić information content (AvgIpc) is 2.64. The summed E-state index contributed by atoms with van der Waals surface area (Å²) in [6.45, 7) is 2.23. The van der Waals surface area contributed by atoms with Crippen molar-refractivity contribution in [1.29, 1.82) is 0 Å². The number of allylic oxidation sites excluding steroid dienone is 4. The molecule has 0 aromatic rings. The van der Waals surface area contributed by atoms with Gasteiger partial charge < -0.3 is 15.3 Å². The first-order chi connectivity index (χ1) is 13.9. The number of unbranched alkanes of at least 4 members (excludes halogenated alkanes) is 8. The third-order valence-electron chi connectivity index (χ3n) is 3.79. The third-order valence-corrected chi connectivity index (χ3v) is 4.69. The molecule has 0 bridgehead atoms. The first-order valence-corrected chi connectivity index (χ1v) is 11.6. The molecule has 6 nitrogen and oxygen atoms in total. The predicted octanol–water partition coefficient (Wildman–Crippen LogP) is 5.77. The number of rotatable bonds is 18. The zero-order valence-electron chi connectivity index (χ0n) is 17.7. The molecule has 0 unspecified atom stereocenters. The highest BCUT2D eigenvalue weighted by atomic mass is 32.2. The van der Waals surface area contributed by atoms with Gasteiger partial charge in [-0.2, -0.15) is 0 Å². The summed E-state index contributed by atoms with van der Waals surface area (Å²) in [6, 6.07) is 0. The molecule has 0 fully saturated rings. The van der Waals surface area contributed by atoms with Gasteiger partial charge in [-0.3, -0.25) is 14.4 Å². The first kappa shape index (κ1) is 29.4. The van der Waals surface area contributed by atoms with Crippen LogP contribution in [0.25, 0.3) is 0 Å². The van der Waals surface area contributed by atoms with Gasteiger partial charge in [-0.25, -0.2) is 0 Å². The van der Waals surface area contributed by atoms with Crippen LogP contribution in [0.5, 0.6) is 0 Å². The van der Waals surface area contributed by atoms with Crippen molar-refractivity contribution in [1.82, 2.24) is 0 Å². The van der Waals surface area contributed by atoms with E-state index in [4.69, 9.17) is 15.3 Å². The van der Waals surface area contributed by atoms with E-state index in [1.807, 2.05) is 0 Å². The standard InChI is InChI=1S/C18H32O2.C4H6O4S/c1-2-3-4-5-6-7-8-9-10-11-12-13-14-15-16-17-18(19)20;5-3(6)1-9-2-4(7)8/h6-7,9-10H,2-5,8,11-17H2,1H3,(H,19,20);1-2H2,(H,5,6)(H,7,8)/b7-6-,10-9-;. The molecular formula is C22H38O6S. The lowest BCUT2D eigenvalue weighted by molar-refractivity contribution is -0.137. The molecule has 0 rings (SSSR count). The fourth-order valence-corrected chi connectivity index (χ4v) is 2.76. The lowest BCUT2D eigenvalue weighted by Gasteiger charge is -1.98. The van der Waals surface area contributed by atoms with E-state index in [0.717, 1.165) is 37.4 Å². The number of hydrogen-bond acceptors (Lipinski definition) is 4. The SMILES string of the molecule is CCCCC/C=C\C/C=C\CCCCCCCC(=O)O.O=C(O)CSCC(=O)O. The van der Waals surface area contributed by atoms with Gasteiger partial charge in [0.15, 0.2) is 0 Å². The maximum Gasteiger partial charge on any atom is 0.313 e. The Hall–Kier alpha value is -1.76. The van der Waals surface area contributed by atoms with Gasteiger partial charge in [-0.15, -0.1) is 11.8 Å². The maximum atomic E-state index is 10.3. The highest BCUT2D eigenvalue weighted by molar-refractivity contribution is 8.00. The van der Waals surface area contributed by atoms with E-state index in [1.165, 1.54) is 44.9 Å². The number of aliphatic carboxylic acids is 3. The molecule has 0 spiro atoms. The van der Waals surface area contributed by atoms with Gasteiger partial charge >= 0.3 is 17.9 Å². The molecule has 0 aromatic heterocycles. The van der Waals surface area contributed by atoms with E-state index in [2.05, 4.69) is 31.2 Å². The number of carboxylic acids is 3. The van der Waals surface area contributed by atoms with Crippen molar-refractivity contribution in [2.45, 2.75) is 84.0 Å². The summed E-state index contributed by atoms with van der Waals surface area (Å²) in [6.07, 6.45) is 22.3. The molecule has 0 aliphatic rings. The van der Waals surface area contributed by atoms with Crippen molar-refractivity contribution in [3.05, 3.63) is 24.3 Å². The molecule has 7 heteroatoms. The quantitative estimate of drug-likeness (QED) is 0.187. The van der Waals surface area contributed by atoms with E-state index < -0.39 is 17.9 Å². The van der Waals surface area contributed by atoms with Crippen LogP contribution in [0.15, 0.2) is 24.3 Å². The summed E-state index contributed by atoms with van der Waals surface area (Å²) in [5.41, 5.74) is 0. The number of carbonyl (C=O) groups is 3. The predicted molar refractivity (Wildman–Crippen MR) is 120 cm³/mol. The molecule has 0 radical (unpaired) electrons. The Morgan fingerprint density at radius 1 is 0.655 bits per heavy atom. The second-order valence-corrected chi connectivity index (χ2v) is 7.64. The van der Waals surface area contributed by atoms with Crippen molar-refractivity contribution >= 4 is 29.7 Å². The van der Waals surface area contributed by atoms with Crippen LogP contribution in [-0.4, -0.2) is 44.7 Å². The van der Waals surface area contributed by atoms with Crippen LogP contribution in [0.3, 0.4) is 0 Å². The van der Waals surface area contributed by atoms with Crippen LogP contribution in [-0.2, 0) is 14.4 Å². The van der Waals surface area contributed by atoms with E-state index in [9.17, 15) is 14.4 Å². The second-order valence-electron chi connectivity index (χ2n) is 6.65. The molecule has 168 valence electrons. The molecule has 0 saturated carbocycles. The minimum absolute atomic E-state index is 0.147. The minimum atomic E-state index is -0.985. The molecule has 0 aromatic carbocycles. The van der Waals surface area contributed by atoms with Gasteiger partial charge in [0.05, 0.1) is 11.5 Å². The van der Waals surface area contributed by atoms with E-state index >= 15 is 0 Å². The molecule has 3 N–H and O–H groups in total. The van der Waals surface area contributed by atoms with Crippen LogP contribution in [0, 0.1) is 0 Å². The van der Waals surface area contributed by atoms with Crippen molar-refractivity contribution in [2.24, 2.45) is 0 Å². The molecule has 0 aliphatic carbocycles. The molecular weight excluding hydrogens is 392 g/mol. The summed E-state index contributed by atoms with van der Waals surface area (Å²) in [4.78, 5) is 29.9. The minimum Gasteiger partial charge on any atom is -0.481 e. The Morgan fingerprint density at radius 2 is 1.14 bits per heavy atom. The second kappa shape index (κ2) is 24.3. The third kappa shape index (κ3) is 34.2. The van der Waals surface area contributed by atoms with Gasteiger partial charge in [0.1, 0.15) is 0 Å². The van der Waals surface area contributed by atoms with Gasteiger partial charge in [-0.1, -0.05) is 63.3 Å². The van der Waals surface area contributed by atoms with Crippen LogP contribution >= 0.6 is 11.8 Å². The van der Waals surface area contributed by atoms with Crippen molar-refractivity contribution in [3.63, 3.8) is 0 Å². The summed E-state index contributed by atoms with van der Waals surface area (Å²) in [7, 11) is 0. The van der Waals surface area contributed by atoms with Crippen LogP contribution in [0.2, 0.25) is 0 Å². The van der Waals surface area contributed by atoms with Crippen LogP contribution in [0.4, 0.5) is 0 Å². The molecule has 29 heavy (non-hydrogen) atoms. The Kier molecular flexibility index (Phi) is 24.6. The van der Waals surface area contributed by atoms with Gasteiger partial charge in [0, 0.05) is 6.42 Å². The number of hydrogen-bond donors (Lipinski definition) is 3.